The van der Waals surface area contributed by atoms with E-state index in [1.165, 1.54) is 4.31 Å². The molecule has 0 aromatic heterocycles. The number of hydrogen-bond acceptors (Lipinski definition) is 4. The first-order valence-corrected chi connectivity index (χ1v) is 7.31. The van der Waals surface area contributed by atoms with E-state index in [2.05, 4.69) is 0 Å². The van der Waals surface area contributed by atoms with Gasteiger partial charge in [-0.2, -0.15) is 0 Å². The van der Waals surface area contributed by atoms with Crippen molar-refractivity contribution in [2.45, 2.75) is 6.92 Å². The van der Waals surface area contributed by atoms with Gasteiger partial charge in [-0.25, -0.2) is 12.7 Å². The van der Waals surface area contributed by atoms with Crippen LogP contribution in [0, 0.1) is 0 Å². The zero-order chi connectivity index (χ0) is 13.6. The lowest BCUT2D eigenvalue weighted by Crippen LogP contribution is -2.32. The van der Waals surface area contributed by atoms with Gasteiger partial charge in [-0.3, -0.25) is 0 Å². The number of benzene rings is 1. The molecule has 0 saturated carbocycles. The maximum absolute atomic E-state index is 11.5. The number of rotatable bonds is 7. The zero-order valence-corrected chi connectivity index (χ0v) is 11.7. The molecule has 0 aliphatic heterocycles. The molecule has 0 radical (unpaired) electrons. The van der Waals surface area contributed by atoms with Crippen molar-refractivity contribution in [3.8, 4) is 11.5 Å². The van der Waals surface area contributed by atoms with Gasteiger partial charge in [-0.1, -0.05) is 0 Å². The minimum Gasteiger partial charge on any atom is -0.497 e. The molecule has 0 bridgehead atoms. The molecule has 102 valence electrons. The van der Waals surface area contributed by atoms with Gasteiger partial charge in [0.2, 0.25) is 10.0 Å². The Balaban J connectivity index is 2.42. The first-order chi connectivity index (χ1) is 8.49. The highest BCUT2D eigenvalue weighted by Crippen LogP contribution is 2.16. The maximum atomic E-state index is 11.5. The van der Waals surface area contributed by atoms with Crippen molar-refractivity contribution in [3.05, 3.63) is 24.3 Å². The van der Waals surface area contributed by atoms with Crippen LogP contribution in [0.4, 0.5) is 0 Å². The summed E-state index contributed by atoms with van der Waals surface area (Å²) in [6, 6.07) is 7.16. The Morgan fingerprint density at radius 3 is 2.22 bits per heavy atom. The molecule has 0 unspecified atom stereocenters. The van der Waals surface area contributed by atoms with Gasteiger partial charge in [0.1, 0.15) is 18.1 Å². The normalized spacial score (nSPS) is 11.6. The fraction of sp³-hybridized carbons (Fsp3) is 0.500. The van der Waals surface area contributed by atoms with Gasteiger partial charge >= 0.3 is 0 Å². The van der Waals surface area contributed by atoms with Crippen molar-refractivity contribution in [3.63, 3.8) is 0 Å². The van der Waals surface area contributed by atoms with Crippen molar-refractivity contribution in [2.75, 3.05) is 33.1 Å². The standard InChI is InChI=1S/C12H19NO4S/c1-4-18(14,15)13(2)9-10-17-12-7-5-11(16-3)6-8-12/h5-8H,4,9-10H2,1-3H3. The Morgan fingerprint density at radius 2 is 1.72 bits per heavy atom. The number of sulfonamides is 1. The van der Waals surface area contributed by atoms with E-state index in [0.717, 1.165) is 5.75 Å². The molecule has 1 aromatic carbocycles. The van der Waals surface area contributed by atoms with E-state index in [1.54, 1.807) is 45.3 Å². The quantitative estimate of drug-likeness (QED) is 0.752. The van der Waals surface area contributed by atoms with Crippen molar-refractivity contribution in [1.82, 2.24) is 4.31 Å². The average Bonchev–Trinajstić information content (AvgIpc) is 2.39. The smallest absolute Gasteiger partial charge is 0.213 e. The predicted molar refractivity (Wildman–Crippen MR) is 70.6 cm³/mol. The molecule has 0 atom stereocenters. The van der Waals surface area contributed by atoms with Crippen LogP contribution in [0.1, 0.15) is 6.92 Å². The molecule has 0 N–H and O–H groups in total. The third-order valence-electron chi connectivity index (χ3n) is 2.57. The molecule has 0 fully saturated rings. The first kappa shape index (κ1) is 14.8. The van der Waals surface area contributed by atoms with Gasteiger partial charge in [0, 0.05) is 13.6 Å². The molecule has 5 nitrogen and oxygen atoms in total. The van der Waals surface area contributed by atoms with E-state index in [1.807, 2.05) is 0 Å². The minimum atomic E-state index is -3.13. The highest BCUT2D eigenvalue weighted by atomic mass is 32.2. The number of methoxy groups -OCH3 is 1. The van der Waals surface area contributed by atoms with E-state index >= 15 is 0 Å². The van der Waals surface area contributed by atoms with Gasteiger partial charge in [0.05, 0.1) is 12.9 Å². The molecule has 6 heteroatoms. The summed E-state index contributed by atoms with van der Waals surface area (Å²) < 4.78 is 34.7. The zero-order valence-electron chi connectivity index (χ0n) is 10.9. The van der Waals surface area contributed by atoms with Crippen molar-refractivity contribution in [2.24, 2.45) is 0 Å². The molecular weight excluding hydrogens is 254 g/mol. The number of ether oxygens (including phenoxy) is 2. The highest BCUT2D eigenvalue weighted by molar-refractivity contribution is 7.89. The summed E-state index contributed by atoms with van der Waals surface area (Å²) in [4.78, 5) is 0. The van der Waals surface area contributed by atoms with Gasteiger partial charge in [0.25, 0.3) is 0 Å². The first-order valence-electron chi connectivity index (χ1n) is 5.70. The average molecular weight is 273 g/mol. The second-order valence-corrected chi connectivity index (χ2v) is 6.11. The van der Waals surface area contributed by atoms with E-state index in [9.17, 15) is 8.42 Å². The molecule has 0 amide bonds. The molecule has 18 heavy (non-hydrogen) atoms. The van der Waals surface area contributed by atoms with Gasteiger partial charge in [-0.05, 0) is 31.2 Å². The molecule has 0 aliphatic carbocycles. The third kappa shape index (κ3) is 4.19. The number of nitrogens with zero attached hydrogens (tertiary/aromatic N) is 1. The molecule has 1 rings (SSSR count). The Morgan fingerprint density at radius 1 is 1.17 bits per heavy atom. The molecule has 0 heterocycles. The van der Waals surface area contributed by atoms with Crippen molar-refractivity contribution < 1.29 is 17.9 Å². The summed E-state index contributed by atoms with van der Waals surface area (Å²) >= 11 is 0. The predicted octanol–water partition coefficient (Wildman–Crippen LogP) is 1.36. The number of likely N-dealkylation sites (N-methyl/N-ethyl adjacent to an activating group) is 1. The van der Waals surface area contributed by atoms with E-state index in [4.69, 9.17) is 9.47 Å². The van der Waals surface area contributed by atoms with Crippen LogP contribution in [0.2, 0.25) is 0 Å². The highest BCUT2D eigenvalue weighted by Gasteiger charge is 2.14. The van der Waals surface area contributed by atoms with Crippen LogP contribution in [0.3, 0.4) is 0 Å². The summed E-state index contributed by atoms with van der Waals surface area (Å²) in [6.45, 7) is 2.28. The Hall–Kier alpha value is -1.27. The van der Waals surface area contributed by atoms with Crippen LogP contribution in [0.15, 0.2) is 24.3 Å². The minimum absolute atomic E-state index is 0.103. The Labute approximate surface area is 108 Å². The molecular formula is C12H19NO4S. The van der Waals surface area contributed by atoms with Crippen molar-refractivity contribution >= 4 is 10.0 Å². The molecule has 0 spiro atoms. The second kappa shape index (κ2) is 6.61. The van der Waals surface area contributed by atoms with E-state index in [-0.39, 0.29) is 5.75 Å². The van der Waals surface area contributed by atoms with Crippen LogP contribution in [0.5, 0.6) is 11.5 Å². The van der Waals surface area contributed by atoms with Crippen LogP contribution in [-0.2, 0) is 10.0 Å². The lowest BCUT2D eigenvalue weighted by atomic mass is 10.3. The lowest BCUT2D eigenvalue weighted by Gasteiger charge is -2.16. The number of hydrogen-bond donors (Lipinski definition) is 0. The molecule has 0 saturated heterocycles. The van der Waals surface area contributed by atoms with E-state index < -0.39 is 10.0 Å². The SMILES string of the molecule is CCS(=O)(=O)N(C)CCOc1ccc(OC)cc1. The fourth-order valence-electron chi connectivity index (χ4n) is 1.32. The Kier molecular flexibility index (Phi) is 5.43. The van der Waals surface area contributed by atoms with Gasteiger partial charge in [-0.15, -0.1) is 0 Å². The Bertz CT molecular complexity index is 455. The largest absolute Gasteiger partial charge is 0.497 e. The summed E-state index contributed by atoms with van der Waals surface area (Å²) in [5, 5.41) is 0. The van der Waals surface area contributed by atoms with Gasteiger partial charge < -0.3 is 9.47 Å². The second-order valence-electron chi connectivity index (χ2n) is 3.75. The van der Waals surface area contributed by atoms with Crippen LogP contribution in [0.25, 0.3) is 0 Å². The lowest BCUT2D eigenvalue weighted by molar-refractivity contribution is 0.286. The van der Waals surface area contributed by atoms with E-state index in [0.29, 0.717) is 18.9 Å². The summed E-state index contributed by atoms with van der Waals surface area (Å²) in [7, 11) is 0.0195. The topological polar surface area (TPSA) is 55.8 Å². The van der Waals surface area contributed by atoms with Crippen LogP contribution in [-0.4, -0.2) is 45.8 Å². The summed E-state index contributed by atoms with van der Waals surface area (Å²) in [5.41, 5.74) is 0. The monoisotopic (exact) mass is 273 g/mol. The van der Waals surface area contributed by atoms with Gasteiger partial charge in [0.15, 0.2) is 0 Å². The maximum Gasteiger partial charge on any atom is 0.213 e. The van der Waals surface area contributed by atoms with Crippen molar-refractivity contribution in [1.29, 1.82) is 0 Å². The van der Waals surface area contributed by atoms with Crippen LogP contribution < -0.4 is 9.47 Å². The van der Waals surface area contributed by atoms with Crippen LogP contribution >= 0.6 is 0 Å². The third-order valence-corrected chi connectivity index (χ3v) is 4.44. The molecule has 0 aliphatic rings. The summed E-state index contributed by atoms with van der Waals surface area (Å²) in [6.07, 6.45) is 0. The fourth-order valence-corrected chi connectivity index (χ4v) is 2.12. The summed E-state index contributed by atoms with van der Waals surface area (Å²) in [5.74, 6) is 1.55. The molecule has 1 aromatic rings.